The summed E-state index contributed by atoms with van der Waals surface area (Å²) in [5.74, 6) is 0.573. The van der Waals surface area contributed by atoms with Crippen molar-refractivity contribution in [3.63, 3.8) is 0 Å². The number of halogens is 2. The van der Waals surface area contributed by atoms with Crippen molar-refractivity contribution >= 4 is 34.5 Å². The van der Waals surface area contributed by atoms with Gasteiger partial charge in [-0.15, -0.1) is 22.9 Å². The molecule has 1 unspecified atom stereocenters. The first-order valence-corrected chi connectivity index (χ1v) is 6.61. The minimum absolute atomic E-state index is 0.311. The summed E-state index contributed by atoms with van der Waals surface area (Å²) < 4.78 is 0.881. The maximum atomic E-state index is 6.16. The molecule has 0 N–H and O–H groups in total. The molecule has 0 aliphatic rings. The molecule has 1 aromatic rings. The third-order valence-electron chi connectivity index (χ3n) is 2.26. The molecule has 0 fully saturated rings. The second-order valence-electron chi connectivity index (χ2n) is 3.86. The van der Waals surface area contributed by atoms with Crippen LogP contribution in [0.4, 0.5) is 0 Å². The van der Waals surface area contributed by atoms with Gasteiger partial charge in [-0.25, -0.2) is 0 Å². The van der Waals surface area contributed by atoms with Crippen molar-refractivity contribution in [2.75, 3.05) is 0 Å². The molecule has 1 heterocycles. The standard InChI is InChI=1S/C11H16Cl2S/c1-8(2)10(12)5-3-4-9-6-7-11(13)14-9/h6-8,10H,3-5H2,1-2H3. The molecule has 0 spiro atoms. The highest BCUT2D eigenvalue weighted by atomic mass is 35.5. The molecule has 0 aliphatic heterocycles. The molecule has 14 heavy (non-hydrogen) atoms. The van der Waals surface area contributed by atoms with Crippen LogP contribution in [0.3, 0.4) is 0 Å². The Hall–Kier alpha value is 0.280. The topological polar surface area (TPSA) is 0 Å². The van der Waals surface area contributed by atoms with Crippen molar-refractivity contribution in [3.8, 4) is 0 Å². The summed E-state index contributed by atoms with van der Waals surface area (Å²) >= 11 is 13.7. The van der Waals surface area contributed by atoms with E-state index in [1.165, 1.54) is 4.88 Å². The molecule has 0 saturated heterocycles. The smallest absolute Gasteiger partial charge is 0.0931 e. The first-order valence-electron chi connectivity index (χ1n) is 4.98. The van der Waals surface area contributed by atoms with Gasteiger partial charge in [0.25, 0.3) is 0 Å². The van der Waals surface area contributed by atoms with Gasteiger partial charge in [0.2, 0.25) is 0 Å². The molecule has 0 saturated carbocycles. The highest BCUT2D eigenvalue weighted by molar-refractivity contribution is 7.16. The summed E-state index contributed by atoms with van der Waals surface area (Å²) in [7, 11) is 0. The molecule has 0 bridgehead atoms. The van der Waals surface area contributed by atoms with Gasteiger partial charge in [0, 0.05) is 10.3 Å². The van der Waals surface area contributed by atoms with Crippen molar-refractivity contribution in [2.24, 2.45) is 5.92 Å². The van der Waals surface area contributed by atoms with Crippen LogP contribution >= 0.6 is 34.5 Å². The molecule has 1 atom stereocenters. The van der Waals surface area contributed by atoms with E-state index in [0.717, 1.165) is 23.6 Å². The minimum Gasteiger partial charge on any atom is -0.128 e. The van der Waals surface area contributed by atoms with E-state index in [0.29, 0.717) is 11.3 Å². The summed E-state index contributed by atoms with van der Waals surface area (Å²) in [6.45, 7) is 4.33. The number of thiophene rings is 1. The first kappa shape index (κ1) is 12.4. The fourth-order valence-corrected chi connectivity index (χ4v) is 2.57. The van der Waals surface area contributed by atoms with E-state index in [1.807, 2.05) is 6.07 Å². The molecule has 1 rings (SSSR count). The molecule has 80 valence electrons. The fourth-order valence-electron chi connectivity index (χ4n) is 1.29. The lowest BCUT2D eigenvalue weighted by molar-refractivity contribution is 0.548. The van der Waals surface area contributed by atoms with Crippen LogP contribution in [0.1, 0.15) is 31.6 Å². The Morgan fingerprint density at radius 2 is 2.07 bits per heavy atom. The monoisotopic (exact) mass is 250 g/mol. The van der Waals surface area contributed by atoms with Gasteiger partial charge in [0.05, 0.1) is 4.34 Å². The quantitative estimate of drug-likeness (QED) is 0.647. The van der Waals surface area contributed by atoms with Gasteiger partial charge < -0.3 is 0 Å². The Morgan fingerprint density at radius 1 is 1.36 bits per heavy atom. The first-order chi connectivity index (χ1) is 6.59. The second-order valence-corrected chi connectivity index (χ2v) is 6.22. The van der Waals surface area contributed by atoms with Gasteiger partial charge in [-0.2, -0.15) is 0 Å². The van der Waals surface area contributed by atoms with Gasteiger partial charge in [-0.3, -0.25) is 0 Å². The van der Waals surface area contributed by atoms with Crippen LogP contribution in [0, 0.1) is 5.92 Å². The molecule has 3 heteroatoms. The predicted molar refractivity (Wildman–Crippen MR) is 66.7 cm³/mol. The molecular weight excluding hydrogens is 235 g/mol. The van der Waals surface area contributed by atoms with Gasteiger partial charge >= 0.3 is 0 Å². The lowest BCUT2D eigenvalue weighted by Crippen LogP contribution is -2.07. The molecule has 0 aromatic carbocycles. The highest BCUT2D eigenvalue weighted by Crippen LogP contribution is 2.24. The summed E-state index contributed by atoms with van der Waals surface area (Å²) in [5.41, 5.74) is 0. The van der Waals surface area contributed by atoms with Crippen LogP contribution in [0.5, 0.6) is 0 Å². The largest absolute Gasteiger partial charge is 0.128 e. The average Bonchev–Trinajstić information content (AvgIpc) is 2.51. The van der Waals surface area contributed by atoms with Crippen molar-refractivity contribution in [1.29, 1.82) is 0 Å². The lowest BCUT2D eigenvalue weighted by Gasteiger charge is -2.11. The molecule has 0 nitrogen and oxygen atoms in total. The summed E-state index contributed by atoms with van der Waals surface area (Å²) in [6, 6.07) is 4.06. The van der Waals surface area contributed by atoms with Crippen molar-refractivity contribution in [2.45, 2.75) is 38.5 Å². The maximum absolute atomic E-state index is 6.16. The molecular formula is C11H16Cl2S. The Morgan fingerprint density at radius 3 is 2.57 bits per heavy atom. The second kappa shape index (κ2) is 5.99. The van der Waals surface area contributed by atoms with E-state index in [1.54, 1.807) is 11.3 Å². The van der Waals surface area contributed by atoms with E-state index >= 15 is 0 Å². The number of hydrogen-bond acceptors (Lipinski definition) is 1. The normalized spacial score (nSPS) is 13.5. The predicted octanol–water partition coefficient (Wildman–Crippen LogP) is 4.99. The van der Waals surface area contributed by atoms with Crippen LogP contribution in [0.15, 0.2) is 12.1 Å². The van der Waals surface area contributed by atoms with Gasteiger partial charge in [0.1, 0.15) is 0 Å². The zero-order valence-electron chi connectivity index (χ0n) is 8.59. The highest BCUT2D eigenvalue weighted by Gasteiger charge is 2.09. The van der Waals surface area contributed by atoms with Crippen molar-refractivity contribution in [1.82, 2.24) is 0 Å². The van der Waals surface area contributed by atoms with Crippen LogP contribution in [0.25, 0.3) is 0 Å². The van der Waals surface area contributed by atoms with E-state index in [9.17, 15) is 0 Å². The van der Waals surface area contributed by atoms with Gasteiger partial charge in [-0.05, 0) is 37.3 Å². The third-order valence-corrected chi connectivity index (χ3v) is 4.27. The van der Waals surface area contributed by atoms with Gasteiger partial charge in [-0.1, -0.05) is 25.4 Å². The van der Waals surface area contributed by atoms with Crippen LogP contribution in [-0.2, 0) is 6.42 Å². The summed E-state index contributed by atoms with van der Waals surface area (Å²) in [6.07, 6.45) is 3.35. The molecule has 0 amide bonds. The van der Waals surface area contributed by atoms with Crippen LogP contribution < -0.4 is 0 Å². The fraction of sp³-hybridized carbons (Fsp3) is 0.636. The zero-order valence-corrected chi connectivity index (χ0v) is 10.9. The number of hydrogen-bond donors (Lipinski definition) is 0. The van der Waals surface area contributed by atoms with Crippen molar-refractivity contribution < 1.29 is 0 Å². The van der Waals surface area contributed by atoms with Crippen LogP contribution in [0.2, 0.25) is 4.34 Å². The molecule has 0 radical (unpaired) electrons. The SMILES string of the molecule is CC(C)C(Cl)CCCc1ccc(Cl)s1. The Balaban J connectivity index is 2.22. The average molecular weight is 251 g/mol. The Bertz CT molecular complexity index is 268. The zero-order chi connectivity index (χ0) is 10.6. The number of rotatable bonds is 5. The third kappa shape index (κ3) is 4.20. The number of alkyl halides is 1. The van der Waals surface area contributed by atoms with Crippen molar-refractivity contribution in [3.05, 3.63) is 21.3 Å². The summed E-state index contributed by atoms with van der Waals surface area (Å²) in [5, 5.41) is 0.311. The molecule has 1 aromatic heterocycles. The van der Waals surface area contributed by atoms with E-state index in [4.69, 9.17) is 23.2 Å². The Kier molecular flexibility index (Phi) is 5.29. The van der Waals surface area contributed by atoms with Gasteiger partial charge in [0.15, 0.2) is 0 Å². The maximum Gasteiger partial charge on any atom is 0.0931 e. The van der Waals surface area contributed by atoms with Crippen LogP contribution in [-0.4, -0.2) is 5.38 Å². The molecule has 0 aliphatic carbocycles. The summed E-state index contributed by atoms with van der Waals surface area (Å²) in [4.78, 5) is 1.36. The number of aryl methyl sites for hydroxylation is 1. The van der Waals surface area contributed by atoms with E-state index in [-0.39, 0.29) is 0 Å². The Labute approximate surface area is 100 Å². The minimum atomic E-state index is 0.311. The van der Waals surface area contributed by atoms with E-state index in [2.05, 4.69) is 19.9 Å². The van der Waals surface area contributed by atoms with E-state index < -0.39 is 0 Å². The lowest BCUT2D eigenvalue weighted by atomic mass is 10.0.